The van der Waals surface area contributed by atoms with E-state index in [1.165, 1.54) is 0 Å². The highest BCUT2D eigenvalue weighted by Crippen LogP contribution is 2.13. The average Bonchev–Trinajstić information content (AvgIpc) is 2.77. The van der Waals surface area contributed by atoms with E-state index in [0.29, 0.717) is 23.8 Å². The van der Waals surface area contributed by atoms with Gasteiger partial charge in [0.05, 0.1) is 19.8 Å². The number of amides is 1. The summed E-state index contributed by atoms with van der Waals surface area (Å²) in [5.41, 5.74) is 0.684. The largest absolute Gasteiger partial charge is 0.394 e. The SMILES string of the molecule is O=C(c1ccc(Cl)cc1)N1CCCN(CCOCCO)CC1. The Morgan fingerprint density at radius 3 is 2.64 bits per heavy atom. The van der Waals surface area contributed by atoms with Crippen molar-refractivity contribution >= 4 is 17.5 Å². The quantitative estimate of drug-likeness (QED) is 0.805. The highest BCUT2D eigenvalue weighted by Gasteiger charge is 2.20. The Kier molecular flexibility index (Phi) is 7.12. The molecule has 1 heterocycles. The number of aliphatic hydroxyl groups excluding tert-OH is 1. The normalized spacial score (nSPS) is 16.5. The minimum atomic E-state index is 0.0589. The maximum Gasteiger partial charge on any atom is 0.253 e. The fourth-order valence-corrected chi connectivity index (χ4v) is 2.66. The average molecular weight is 327 g/mol. The van der Waals surface area contributed by atoms with Gasteiger partial charge in [0.25, 0.3) is 5.91 Å². The molecular weight excluding hydrogens is 304 g/mol. The van der Waals surface area contributed by atoms with E-state index in [0.717, 1.165) is 39.1 Å². The molecule has 2 rings (SSSR count). The third-order valence-electron chi connectivity index (χ3n) is 3.75. The van der Waals surface area contributed by atoms with Crippen LogP contribution in [0, 0.1) is 0 Å². The van der Waals surface area contributed by atoms with Gasteiger partial charge >= 0.3 is 0 Å². The zero-order valence-electron chi connectivity index (χ0n) is 12.7. The lowest BCUT2D eigenvalue weighted by molar-refractivity contribution is 0.0712. The van der Waals surface area contributed by atoms with E-state index >= 15 is 0 Å². The van der Waals surface area contributed by atoms with Crippen LogP contribution in [-0.4, -0.2) is 73.4 Å². The molecule has 1 fully saturated rings. The number of halogens is 1. The molecule has 0 radical (unpaired) electrons. The lowest BCUT2D eigenvalue weighted by atomic mass is 10.2. The number of carbonyl (C=O) groups excluding carboxylic acids is 1. The number of hydrogen-bond donors (Lipinski definition) is 1. The molecule has 1 amide bonds. The Bertz CT molecular complexity index is 467. The van der Waals surface area contributed by atoms with Crippen molar-refractivity contribution in [2.45, 2.75) is 6.42 Å². The molecule has 1 aliphatic rings. The van der Waals surface area contributed by atoms with E-state index in [1.54, 1.807) is 24.3 Å². The van der Waals surface area contributed by atoms with Crippen LogP contribution in [0.5, 0.6) is 0 Å². The summed E-state index contributed by atoms with van der Waals surface area (Å²) < 4.78 is 5.30. The Labute approximate surface area is 136 Å². The van der Waals surface area contributed by atoms with Gasteiger partial charge in [0.15, 0.2) is 0 Å². The van der Waals surface area contributed by atoms with Crippen LogP contribution in [0.15, 0.2) is 24.3 Å². The molecule has 0 bridgehead atoms. The molecule has 1 aliphatic heterocycles. The number of aliphatic hydroxyl groups is 1. The van der Waals surface area contributed by atoms with Crippen molar-refractivity contribution in [1.29, 1.82) is 0 Å². The summed E-state index contributed by atoms with van der Waals surface area (Å²) >= 11 is 5.86. The number of benzene rings is 1. The zero-order chi connectivity index (χ0) is 15.8. The molecule has 122 valence electrons. The van der Waals surface area contributed by atoms with Gasteiger partial charge in [-0.05, 0) is 37.2 Å². The van der Waals surface area contributed by atoms with Gasteiger partial charge < -0.3 is 14.7 Å². The molecule has 0 saturated carbocycles. The lowest BCUT2D eigenvalue weighted by Crippen LogP contribution is -2.36. The van der Waals surface area contributed by atoms with Crippen LogP contribution in [0.1, 0.15) is 16.8 Å². The van der Waals surface area contributed by atoms with Crippen LogP contribution in [0.2, 0.25) is 5.02 Å². The van der Waals surface area contributed by atoms with Crippen molar-refractivity contribution in [3.05, 3.63) is 34.9 Å². The van der Waals surface area contributed by atoms with Crippen LogP contribution < -0.4 is 0 Å². The summed E-state index contributed by atoms with van der Waals surface area (Å²) in [6.07, 6.45) is 0.958. The van der Waals surface area contributed by atoms with Crippen LogP contribution in [-0.2, 0) is 4.74 Å². The summed E-state index contributed by atoms with van der Waals surface area (Å²) in [6, 6.07) is 7.04. The summed E-state index contributed by atoms with van der Waals surface area (Å²) in [4.78, 5) is 16.7. The van der Waals surface area contributed by atoms with Gasteiger partial charge in [0.1, 0.15) is 0 Å². The van der Waals surface area contributed by atoms with E-state index < -0.39 is 0 Å². The molecule has 0 aromatic heterocycles. The van der Waals surface area contributed by atoms with Crippen molar-refractivity contribution in [3.63, 3.8) is 0 Å². The minimum absolute atomic E-state index is 0.0589. The molecule has 0 aliphatic carbocycles. The smallest absolute Gasteiger partial charge is 0.253 e. The molecule has 22 heavy (non-hydrogen) atoms. The Hall–Kier alpha value is -1.14. The first kappa shape index (κ1) is 17.2. The van der Waals surface area contributed by atoms with Crippen LogP contribution in [0.25, 0.3) is 0 Å². The van der Waals surface area contributed by atoms with Crippen molar-refractivity contribution in [3.8, 4) is 0 Å². The summed E-state index contributed by atoms with van der Waals surface area (Å²) in [5.74, 6) is 0.0649. The van der Waals surface area contributed by atoms with E-state index in [2.05, 4.69) is 4.90 Å². The highest BCUT2D eigenvalue weighted by atomic mass is 35.5. The minimum Gasteiger partial charge on any atom is -0.394 e. The van der Waals surface area contributed by atoms with Gasteiger partial charge in [-0.25, -0.2) is 0 Å². The summed E-state index contributed by atoms with van der Waals surface area (Å²) in [7, 11) is 0. The second-order valence-corrected chi connectivity index (χ2v) is 5.77. The molecule has 5 nitrogen and oxygen atoms in total. The monoisotopic (exact) mass is 326 g/mol. The van der Waals surface area contributed by atoms with Gasteiger partial charge in [-0.3, -0.25) is 9.69 Å². The van der Waals surface area contributed by atoms with Gasteiger partial charge in [-0.15, -0.1) is 0 Å². The predicted octanol–water partition coefficient (Wildman–Crippen LogP) is 1.50. The van der Waals surface area contributed by atoms with E-state index in [-0.39, 0.29) is 12.5 Å². The predicted molar refractivity (Wildman–Crippen MR) is 86.3 cm³/mol. The molecule has 1 N–H and O–H groups in total. The van der Waals surface area contributed by atoms with Crippen molar-refractivity contribution in [2.24, 2.45) is 0 Å². The molecule has 1 aromatic rings. The molecule has 6 heteroatoms. The van der Waals surface area contributed by atoms with Crippen LogP contribution in [0.4, 0.5) is 0 Å². The number of hydrogen-bond acceptors (Lipinski definition) is 4. The Balaban J connectivity index is 1.82. The van der Waals surface area contributed by atoms with Gasteiger partial charge in [-0.2, -0.15) is 0 Å². The van der Waals surface area contributed by atoms with Gasteiger partial charge in [0.2, 0.25) is 0 Å². The molecule has 0 atom stereocenters. The van der Waals surface area contributed by atoms with E-state index in [4.69, 9.17) is 21.4 Å². The van der Waals surface area contributed by atoms with Gasteiger partial charge in [-0.1, -0.05) is 11.6 Å². The maximum absolute atomic E-state index is 12.5. The van der Waals surface area contributed by atoms with Crippen molar-refractivity contribution in [2.75, 3.05) is 52.5 Å². The van der Waals surface area contributed by atoms with E-state index in [9.17, 15) is 4.79 Å². The molecular formula is C16H23ClN2O3. The lowest BCUT2D eigenvalue weighted by Gasteiger charge is -2.22. The maximum atomic E-state index is 12.5. The first-order valence-corrected chi connectivity index (χ1v) is 8.04. The molecule has 1 aromatic carbocycles. The summed E-state index contributed by atoms with van der Waals surface area (Å²) in [5, 5.41) is 9.32. The van der Waals surface area contributed by atoms with E-state index in [1.807, 2.05) is 4.90 Å². The van der Waals surface area contributed by atoms with Crippen LogP contribution >= 0.6 is 11.6 Å². The Morgan fingerprint density at radius 1 is 1.14 bits per heavy atom. The third-order valence-corrected chi connectivity index (χ3v) is 4.01. The van der Waals surface area contributed by atoms with Gasteiger partial charge in [0, 0.05) is 36.8 Å². The fourth-order valence-electron chi connectivity index (χ4n) is 2.53. The number of ether oxygens (including phenoxy) is 1. The molecule has 1 saturated heterocycles. The third kappa shape index (κ3) is 5.25. The molecule has 0 spiro atoms. The first-order valence-electron chi connectivity index (χ1n) is 7.66. The fraction of sp³-hybridized carbons (Fsp3) is 0.562. The zero-order valence-corrected chi connectivity index (χ0v) is 13.5. The number of carbonyl (C=O) groups is 1. The topological polar surface area (TPSA) is 53.0 Å². The standard InChI is InChI=1S/C16H23ClN2O3/c17-15-4-2-14(3-5-15)16(21)19-7-1-6-18(8-9-19)10-12-22-13-11-20/h2-5,20H,1,6-13H2. The highest BCUT2D eigenvalue weighted by molar-refractivity contribution is 6.30. The van der Waals surface area contributed by atoms with Crippen molar-refractivity contribution in [1.82, 2.24) is 9.80 Å². The van der Waals surface area contributed by atoms with Crippen LogP contribution in [0.3, 0.4) is 0 Å². The first-order chi connectivity index (χ1) is 10.7. The number of nitrogens with zero attached hydrogens (tertiary/aromatic N) is 2. The summed E-state index contributed by atoms with van der Waals surface area (Å²) in [6.45, 7) is 5.21. The second-order valence-electron chi connectivity index (χ2n) is 5.33. The molecule has 0 unspecified atom stereocenters. The Morgan fingerprint density at radius 2 is 1.91 bits per heavy atom. The van der Waals surface area contributed by atoms with Crippen molar-refractivity contribution < 1.29 is 14.6 Å². The second kappa shape index (κ2) is 9.10. The number of rotatable bonds is 6.